The van der Waals surface area contributed by atoms with E-state index in [9.17, 15) is 13.2 Å². The number of hydrogen-bond donors (Lipinski definition) is 1. The maximum atomic E-state index is 12.3. The normalized spacial score (nSPS) is 23.8. The van der Waals surface area contributed by atoms with Crippen molar-refractivity contribution >= 4 is 21.7 Å². The van der Waals surface area contributed by atoms with Crippen LogP contribution >= 0.6 is 0 Å². The molecule has 2 aliphatic rings. The number of aromatic nitrogens is 2. The van der Waals surface area contributed by atoms with Crippen LogP contribution in [-0.2, 0) is 9.84 Å². The Morgan fingerprint density at radius 2 is 1.95 bits per heavy atom. The van der Waals surface area contributed by atoms with E-state index in [0.29, 0.717) is 24.0 Å². The molecule has 1 atom stereocenters. The Hall–Kier alpha value is -1.70. The summed E-state index contributed by atoms with van der Waals surface area (Å²) in [7, 11) is -1.38. The Balaban J connectivity index is 1.66. The van der Waals surface area contributed by atoms with Crippen molar-refractivity contribution in [3.05, 3.63) is 18.0 Å². The predicted octanol–water partition coefficient (Wildman–Crippen LogP) is 0.310. The molecular formula is C13H18N4O3S. The highest BCUT2D eigenvalue weighted by molar-refractivity contribution is 7.91. The lowest BCUT2D eigenvalue weighted by Crippen LogP contribution is -2.37. The first kappa shape index (κ1) is 14.2. The van der Waals surface area contributed by atoms with Gasteiger partial charge in [0.1, 0.15) is 0 Å². The van der Waals surface area contributed by atoms with Crippen LogP contribution in [0.25, 0.3) is 0 Å². The van der Waals surface area contributed by atoms with Crippen LogP contribution in [0, 0.1) is 0 Å². The molecule has 0 bridgehead atoms. The topological polar surface area (TPSA) is 92.3 Å². The maximum absolute atomic E-state index is 12.3. The number of nitrogens with zero attached hydrogens (tertiary/aromatic N) is 3. The molecule has 1 amide bonds. The Morgan fingerprint density at radius 1 is 1.29 bits per heavy atom. The number of carbonyl (C=O) groups excluding carboxylic acids is 1. The van der Waals surface area contributed by atoms with E-state index in [4.69, 9.17) is 0 Å². The van der Waals surface area contributed by atoms with Crippen LogP contribution in [0.4, 0.5) is 5.95 Å². The second-order valence-electron chi connectivity index (χ2n) is 5.69. The molecule has 1 saturated carbocycles. The van der Waals surface area contributed by atoms with E-state index in [0.717, 1.165) is 12.8 Å². The Labute approximate surface area is 123 Å². The van der Waals surface area contributed by atoms with Gasteiger partial charge in [0.15, 0.2) is 9.84 Å². The molecule has 21 heavy (non-hydrogen) atoms. The number of amides is 1. The average molecular weight is 310 g/mol. The molecule has 1 aromatic heterocycles. The molecule has 1 saturated heterocycles. The van der Waals surface area contributed by atoms with E-state index in [-0.39, 0.29) is 23.5 Å². The first-order chi connectivity index (χ1) is 9.94. The summed E-state index contributed by atoms with van der Waals surface area (Å²) in [6.07, 6.45) is 5.72. The highest BCUT2D eigenvalue weighted by Crippen LogP contribution is 2.23. The van der Waals surface area contributed by atoms with E-state index in [2.05, 4.69) is 15.3 Å². The molecular weight excluding hydrogens is 292 g/mol. The third kappa shape index (κ3) is 3.31. The highest BCUT2D eigenvalue weighted by Gasteiger charge is 2.33. The van der Waals surface area contributed by atoms with Crippen molar-refractivity contribution in [2.24, 2.45) is 0 Å². The molecule has 1 N–H and O–H groups in total. The van der Waals surface area contributed by atoms with Gasteiger partial charge in [0.2, 0.25) is 5.95 Å². The van der Waals surface area contributed by atoms with Gasteiger partial charge in [-0.2, -0.15) is 0 Å². The van der Waals surface area contributed by atoms with E-state index >= 15 is 0 Å². The van der Waals surface area contributed by atoms with Gasteiger partial charge in [-0.3, -0.25) is 4.79 Å². The maximum Gasteiger partial charge on any atom is 0.257 e. The molecule has 8 heteroatoms. The molecule has 0 spiro atoms. The summed E-state index contributed by atoms with van der Waals surface area (Å²) in [5, 5.41) is 3.15. The second kappa shape index (κ2) is 5.25. The molecule has 1 aromatic rings. The van der Waals surface area contributed by atoms with E-state index < -0.39 is 9.84 Å². The number of rotatable bonds is 4. The summed E-state index contributed by atoms with van der Waals surface area (Å²) in [6.45, 7) is 0. The molecule has 2 heterocycles. The molecule has 0 radical (unpaired) electrons. The van der Waals surface area contributed by atoms with Gasteiger partial charge >= 0.3 is 0 Å². The fourth-order valence-corrected chi connectivity index (χ4v) is 4.15. The van der Waals surface area contributed by atoms with Crippen molar-refractivity contribution in [3.63, 3.8) is 0 Å². The number of hydrogen-bond acceptors (Lipinski definition) is 6. The van der Waals surface area contributed by atoms with Crippen molar-refractivity contribution in [1.29, 1.82) is 0 Å². The van der Waals surface area contributed by atoms with Gasteiger partial charge in [0.05, 0.1) is 17.1 Å². The lowest BCUT2D eigenvalue weighted by molar-refractivity contribution is 0.0747. The van der Waals surface area contributed by atoms with Gasteiger partial charge in [-0.05, 0) is 19.3 Å². The monoisotopic (exact) mass is 310 g/mol. The van der Waals surface area contributed by atoms with Crippen LogP contribution in [-0.4, -0.2) is 59.8 Å². The average Bonchev–Trinajstić information content (AvgIpc) is 3.19. The van der Waals surface area contributed by atoms with Crippen LogP contribution in [0.15, 0.2) is 12.4 Å². The van der Waals surface area contributed by atoms with Crippen LogP contribution in [0.1, 0.15) is 29.6 Å². The molecule has 2 fully saturated rings. The van der Waals surface area contributed by atoms with Crippen LogP contribution in [0.2, 0.25) is 0 Å². The molecule has 1 aliphatic heterocycles. The first-order valence-electron chi connectivity index (χ1n) is 7.01. The Morgan fingerprint density at radius 3 is 2.48 bits per heavy atom. The summed E-state index contributed by atoms with van der Waals surface area (Å²) in [6, 6.07) is 0.199. The number of nitrogens with one attached hydrogen (secondary N) is 1. The fraction of sp³-hybridized carbons (Fsp3) is 0.615. The van der Waals surface area contributed by atoms with E-state index in [1.165, 1.54) is 17.3 Å². The zero-order valence-electron chi connectivity index (χ0n) is 11.8. The molecule has 1 unspecified atom stereocenters. The minimum atomic E-state index is -3.00. The lowest BCUT2D eigenvalue weighted by atomic mass is 10.2. The van der Waals surface area contributed by atoms with Crippen LogP contribution in [0.5, 0.6) is 0 Å². The standard InChI is InChI=1S/C13H18N4O3S/c1-17(11-4-5-21(19,20)8-11)12(18)9-6-14-13(15-7-9)16-10-2-3-10/h6-7,10-11H,2-5,8H2,1H3,(H,14,15,16). The van der Waals surface area contributed by atoms with Crippen LogP contribution in [0.3, 0.4) is 0 Å². The number of anilines is 1. The van der Waals surface area contributed by atoms with Crippen LogP contribution < -0.4 is 5.32 Å². The SMILES string of the molecule is CN(C(=O)c1cnc(NC2CC2)nc1)C1CCS(=O)(=O)C1. The number of sulfone groups is 1. The van der Waals surface area contributed by atoms with Gasteiger partial charge < -0.3 is 10.2 Å². The van der Waals surface area contributed by atoms with Crippen molar-refractivity contribution in [3.8, 4) is 0 Å². The summed E-state index contributed by atoms with van der Waals surface area (Å²) >= 11 is 0. The van der Waals surface area contributed by atoms with E-state index in [1.807, 2.05) is 0 Å². The van der Waals surface area contributed by atoms with Crippen molar-refractivity contribution in [2.75, 3.05) is 23.9 Å². The smallest absolute Gasteiger partial charge is 0.257 e. The summed E-state index contributed by atoms with van der Waals surface area (Å²) in [5.74, 6) is 0.475. The molecule has 1 aliphatic carbocycles. The van der Waals surface area contributed by atoms with Crippen molar-refractivity contribution in [2.45, 2.75) is 31.3 Å². The fourth-order valence-electron chi connectivity index (χ4n) is 2.37. The Kier molecular flexibility index (Phi) is 3.56. The predicted molar refractivity (Wildman–Crippen MR) is 77.8 cm³/mol. The summed E-state index contributed by atoms with van der Waals surface area (Å²) in [5.41, 5.74) is 0.378. The zero-order valence-corrected chi connectivity index (χ0v) is 12.6. The number of carbonyl (C=O) groups is 1. The third-order valence-electron chi connectivity index (χ3n) is 3.89. The minimum Gasteiger partial charge on any atom is -0.351 e. The van der Waals surface area contributed by atoms with Gasteiger partial charge in [0.25, 0.3) is 5.91 Å². The summed E-state index contributed by atoms with van der Waals surface area (Å²) < 4.78 is 23.0. The first-order valence-corrected chi connectivity index (χ1v) is 8.83. The van der Waals surface area contributed by atoms with Gasteiger partial charge in [-0.15, -0.1) is 0 Å². The van der Waals surface area contributed by atoms with Crippen molar-refractivity contribution < 1.29 is 13.2 Å². The molecule has 7 nitrogen and oxygen atoms in total. The van der Waals surface area contributed by atoms with Gasteiger partial charge in [-0.1, -0.05) is 0 Å². The largest absolute Gasteiger partial charge is 0.351 e. The second-order valence-corrected chi connectivity index (χ2v) is 7.92. The molecule has 114 valence electrons. The zero-order chi connectivity index (χ0) is 15.0. The lowest BCUT2D eigenvalue weighted by Gasteiger charge is -2.23. The minimum absolute atomic E-state index is 0.0391. The molecule has 3 rings (SSSR count). The highest BCUT2D eigenvalue weighted by atomic mass is 32.2. The van der Waals surface area contributed by atoms with Crippen molar-refractivity contribution in [1.82, 2.24) is 14.9 Å². The van der Waals surface area contributed by atoms with E-state index in [1.54, 1.807) is 7.05 Å². The van der Waals surface area contributed by atoms with Gasteiger partial charge in [0, 0.05) is 31.5 Å². The molecule has 0 aromatic carbocycles. The van der Waals surface area contributed by atoms with Gasteiger partial charge in [-0.25, -0.2) is 18.4 Å². The Bertz CT molecular complexity index is 640. The quantitative estimate of drug-likeness (QED) is 0.860. The third-order valence-corrected chi connectivity index (χ3v) is 5.64. The summed E-state index contributed by atoms with van der Waals surface area (Å²) in [4.78, 5) is 22.1.